The molecule has 0 aliphatic heterocycles. The number of anilines is 4. The molecule has 0 aliphatic rings. The minimum absolute atomic E-state index is 0.155. The molecule has 2 aromatic carbocycles. The van der Waals surface area contributed by atoms with Crippen LogP contribution in [0.4, 0.5) is 36.2 Å². The Morgan fingerprint density at radius 1 is 1.06 bits per heavy atom. The maximum Gasteiger partial charge on any atom is 0.492 e. The number of sulfonamides is 1. The number of alkyl halides is 3. The number of benzene rings is 2. The molecule has 180 valence electrons. The van der Waals surface area contributed by atoms with Gasteiger partial charge in [0.2, 0.25) is 0 Å². The first-order valence-corrected chi connectivity index (χ1v) is 11.7. The molecule has 0 fully saturated rings. The smallest absolute Gasteiger partial charge is 0.345 e. The summed E-state index contributed by atoms with van der Waals surface area (Å²) in [4.78, 5) is 22.6. The van der Waals surface area contributed by atoms with Crippen molar-refractivity contribution in [1.29, 1.82) is 0 Å². The van der Waals surface area contributed by atoms with Crippen molar-refractivity contribution < 1.29 is 31.2 Å². The standard InChI is InChI=1S/C19H14BrClF3N5O4S/c1-29(33-18(30)19(22,23)24)34(31,32)15-4-2-3-13(8-15)27-16-9-17(26-10-25-16)28-14-6-11(20)5-12(21)7-14/h2-10H,1H3,(H2,25,26,27,28). The largest absolute Gasteiger partial charge is 0.492 e. The second kappa shape index (κ2) is 10.1. The van der Waals surface area contributed by atoms with E-state index in [-0.39, 0.29) is 16.0 Å². The fraction of sp³-hybridized carbons (Fsp3) is 0.105. The lowest BCUT2D eigenvalue weighted by Gasteiger charge is -2.17. The molecule has 0 aliphatic carbocycles. The van der Waals surface area contributed by atoms with Crippen LogP contribution in [0.3, 0.4) is 0 Å². The summed E-state index contributed by atoms with van der Waals surface area (Å²) >= 11 is 9.36. The second-order valence-corrected chi connectivity index (χ2v) is 9.80. The first kappa shape index (κ1) is 25.7. The van der Waals surface area contributed by atoms with Gasteiger partial charge in [0.15, 0.2) is 0 Å². The van der Waals surface area contributed by atoms with E-state index in [0.29, 0.717) is 23.6 Å². The van der Waals surface area contributed by atoms with Crippen LogP contribution in [0.25, 0.3) is 0 Å². The van der Waals surface area contributed by atoms with Crippen molar-refractivity contribution in [3.8, 4) is 0 Å². The molecule has 15 heteroatoms. The summed E-state index contributed by atoms with van der Waals surface area (Å²) < 4.78 is 62.8. The van der Waals surface area contributed by atoms with Gasteiger partial charge in [-0.3, -0.25) is 0 Å². The molecule has 3 rings (SSSR count). The Balaban J connectivity index is 1.77. The van der Waals surface area contributed by atoms with Crippen molar-refractivity contribution >= 4 is 66.5 Å². The number of nitrogens with zero attached hydrogens (tertiary/aromatic N) is 3. The predicted molar refractivity (Wildman–Crippen MR) is 121 cm³/mol. The third-order valence-electron chi connectivity index (χ3n) is 3.99. The van der Waals surface area contributed by atoms with Gasteiger partial charge in [0.05, 0.1) is 4.90 Å². The predicted octanol–water partition coefficient (Wildman–Crippen LogP) is 5.02. The maximum atomic E-state index is 12.5. The van der Waals surface area contributed by atoms with E-state index in [2.05, 4.69) is 41.4 Å². The zero-order valence-electron chi connectivity index (χ0n) is 17.0. The summed E-state index contributed by atoms with van der Waals surface area (Å²) in [6.07, 6.45) is -4.09. The lowest BCUT2D eigenvalue weighted by molar-refractivity contribution is -0.219. The topological polar surface area (TPSA) is 114 Å². The van der Waals surface area contributed by atoms with E-state index in [1.54, 1.807) is 18.2 Å². The quantitative estimate of drug-likeness (QED) is 0.375. The van der Waals surface area contributed by atoms with Gasteiger partial charge in [-0.25, -0.2) is 23.2 Å². The van der Waals surface area contributed by atoms with Crippen molar-refractivity contribution in [2.45, 2.75) is 11.1 Å². The summed E-state index contributed by atoms with van der Waals surface area (Å²) in [6, 6.07) is 11.8. The van der Waals surface area contributed by atoms with E-state index >= 15 is 0 Å². The summed E-state index contributed by atoms with van der Waals surface area (Å²) in [5, 5.41) is 6.41. The number of hydroxylamine groups is 1. The molecule has 0 amide bonds. The number of carbonyl (C=O) groups is 1. The molecular weight excluding hydrogens is 567 g/mol. The number of carbonyl (C=O) groups excluding carboxylic acids is 1. The molecule has 34 heavy (non-hydrogen) atoms. The lowest BCUT2D eigenvalue weighted by Crippen LogP contribution is -2.36. The second-order valence-electron chi connectivity index (χ2n) is 6.52. The first-order chi connectivity index (χ1) is 15.8. The summed E-state index contributed by atoms with van der Waals surface area (Å²) in [7, 11) is -3.90. The van der Waals surface area contributed by atoms with E-state index in [4.69, 9.17) is 11.6 Å². The van der Waals surface area contributed by atoms with Crippen LogP contribution in [0.15, 0.2) is 64.2 Å². The molecule has 1 heterocycles. The van der Waals surface area contributed by atoms with Gasteiger partial charge in [-0.15, -0.1) is 0 Å². The molecule has 0 saturated carbocycles. The Kier molecular flexibility index (Phi) is 7.65. The highest BCUT2D eigenvalue weighted by molar-refractivity contribution is 9.10. The van der Waals surface area contributed by atoms with E-state index in [1.807, 2.05) is 0 Å². The highest BCUT2D eigenvalue weighted by Crippen LogP contribution is 2.27. The fourth-order valence-corrected chi connectivity index (χ4v) is 4.37. The summed E-state index contributed by atoms with van der Waals surface area (Å²) in [5.74, 6) is -1.99. The van der Waals surface area contributed by atoms with Gasteiger partial charge in [0.1, 0.15) is 18.0 Å². The molecular formula is C19H14BrClF3N5O4S. The van der Waals surface area contributed by atoms with E-state index in [1.165, 1.54) is 24.5 Å². The molecule has 0 atom stereocenters. The minimum atomic E-state index is -5.35. The average molecular weight is 581 g/mol. The monoisotopic (exact) mass is 579 g/mol. The fourth-order valence-electron chi connectivity index (χ4n) is 2.52. The average Bonchev–Trinajstić information content (AvgIpc) is 2.72. The number of halogens is 5. The van der Waals surface area contributed by atoms with Crippen LogP contribution in [0.1, 0.15) is 0 Å². The van der Waals surface area contributed by atoms with Gasteiger partial charge in [-0.2, -0.15) is 13.2 Å². The Hall–Kier alpha value is -2.94. The van der Waals surface area contributed by atoms with Crippen LogP contribution < -0.4 is 10.6 Å². The van der Waals surface area contributed by atoms with E-state index in [9.17, 15) is 26.4 Å². The summed E-state index contributed by atoms with van der Waals surface area (Å²) in [6.45, 7) is 0. The van der Waals surface area contributed by atoms with Crippen LogP contribution in [0.5, 0.6) is 0 Å². The van der Waals surface area contributed by atoms with Gasteiger partial charge in [-0.1, -0.05) is 33.6 Å². The van der Waals surface area contributed by atoms with Crippen LogP contribution >= 0.6 is 27.5 Å². The molecule has 0 spiro atoms. The third-order valence-corrected chi connectivity index (χ3v) is 6.26. The molecule has 0 unspecified atom stereocenters. The SMILES string of the molecule is CN(OC(=O)C(F)(F)F)S(=O)(=O)c1cccc(Nc2cc(Nc3cc(Cl)cc(Br)c3)ncn2)c1. The Morgan fingerprint density at radius 2 is 1.71 bits per heavy atom. The van der Waals surface area contributed by atoms with Crippen LogP contribution in [0, 0.1) is 0 Å². The normalized spacial score (nSPS) is 11.9. The van der Waals surface area contributed by atoms with Gasteiger partial charge in [-0.05, 0) is 40.9 Å². The van der Waals surface area contributed by atoms with Crippen molar-refractivity contribution in [3.05, 3.63) is 64.4 Å². The number of rotatable bonds is 7. The van der Waals surface area contributed by atoms with Crippen LogP contribution in [-0.4, -0.2) is 42.0 Å². The Labute approximate surface area is 205 Å². The number of hydrogen-bond donors (Lipinski definition) is 2. The van der Waals surface area contributed by atoms with Gasteiger partial charge in [0.25, 0.3) is 10.0 Å². The van der Waals surface area contributed by atoms with Gasteiger partial charge >= 0.3 is 12.1 Å². The summed E-state index contributed by atoms with van der Waals surface area (Å²) in [5.41, 5.74) is 0.889. The Bertz CT molecular complexity index is 1310. The zero-order valence-corrected chi connectivity index (χ0v) is 20.1. The molecule has 0 saturated heterocycles. The zero-order chi connectivity index (χ0) is 25.1. The van der Waals surface area contributed by atoms with Crippen molar-refractivity contribution in [2.24, 2.45) is 0 Å². The molecule has 1 aromatic heterocycles. The molecule has 0 radical (unpaired) electrons. The molecule has 0 bridgehead atoms. The highest BCUT2D eigenvalue weighted by Gasteiger charge is 2.43. The van der Waals surface area contributed by atoms with E-state index in [0.717, 1.165) is 16.6 Å². The van der Waals surface area contributed by atoms with Gasteiger partial charge < -0.3 is 15.5 Å². The number of aromatic nitrogens is 2. The number of nitrogens with one attached hydrogen (secondary N) is 2. The van der Waals surface area contributed by atoms with Crippen molar-refractivity contribution in [2.75, 3.05) is 17.7 Å². The van der Waals surface area contributed by atoms with Crippen LogP contribution in [-0.2, 0) is 19.7 Å². The third kappa shape index (κ3) is 6.56. The molecule has 3 aromatic rings. The molecule has 9 nitrogen and oxygen atoms in total. The van der Waals surface area contributed by atoms with Crippen LogP contribution in [0.2, 0.25) is 5.02 Å². The Morgan fingerprint density at radius 3 is 2.32 bits per heavy atom. The minimum Gasteiger partial charge on any atom is -0.345 e. The lowest BCUT2D eigenvalue weighted by atomic mass is 10.3. The number of hydrogen-bond acceptors (Lipinski definition) is 8. The highest BCUT2D eigenvalue weighted by atomic mass is 79.9. The van der Waals surface area contributed by atoms with Crippen molar-refractivity contribution in [3.63, 3.8) is 0 Å². The van der Waals surface area contributed by atoms with Gasteiger partial charge in [0, 0.05) is 34.0 Å². The maximum absolute atomic E-state index is 12.5. The molecule has 2 N–H and O–H groups in total. The van der Waals surface area contributed by atoms with E-state index < -0.39 is 27.1 Å². The first-order valence-electron chi connectivity index (χ1n) is 9.05. The van der Waals surface area contributed by atoms with Crippen molar-refractivity contribution in [1.82, 2.24) is 14.4 Å².